The van der Waals surface area contributed by atoms with Crippen molar-refractivity contribution in [2.45, 2.75) is 95.8 Å². The predicted molar refractivity (Wildman–Crippen MR) is 146 cm³/mol. The third-order valence-corrected chi connectivity index (χ3v) is 15.4. The molecule has 3 heterocycles. The highest BCUT2D eigenvalue weighted by Gasteiger charge is 2.48. The fourth-order valence-electron chi connectivity index (χ4n) is 4.58. The highest BCUT2D eigenvalue weighted by molar-refractivity contribution is 7.44. The average Bonchev–Trinajstić information content (AvgIpc) is 3.31. The standard InChI is InChI=1S/C26H40N3O5PSi/c1-17-15-29(25(31)27-24(17)30)22-14-20(21(32-22)16-36(7,8)26(3,4)5)33-35-28(6)18(2)23(34-35)19-12-10-9-11-13-19/h9-13,15,18,20-23H,14,16H2,1-8H3,(H,27,30,31)/t18-,20?,21?,22?,23-,35?/m0/s1. The zero-order valence-electron chi connectivity index (χ0n) is 22.6. The molecule has 2 fully saturated rings. The first-order chi connectivity index (χ1) is 16.8. The van der Waals surface area contributed by atoms with Crippen molar-refractivity contribution in [3.63, 3.8) is 0 Å². The zero-order chi connectivity index (χ0) is 26.4. The Morgan fingerprint density at radius 1 is 1.19 bits per heavy atom. The van der Waals surface area contributed by atoms with Crippen molar-refractivity contribution in [1.82, 2.24) is 14.2 Å². The second-order valence-corrected chi connectivity index (χ2v) is 19.0. The van der Waals surface area contributed by atoms with Crippen LogP contribution in [0.25, 0.3) is 0 Å². The first-order valence-electron chi connectivity index (χ1n) is 12.7. The van der Waals surface area contributed by atoms with Crippen LogP contribution in [-0.4, -0.2) is 47.6 Å². The van der Waals surface area contributed by atoms with Gasteiger partial charge in [0, 0.05) is 24.2 Å². The number of H-pyrrole nitrogens is 1. The van der Waals surface area contributed by atoms with Crippen molar-refractivity contribution in [2.75, 3.05) is 7.05 Å². The molecule has 2 aromatic rings. The third kappa shape index (κ3) is 5.47. The van der Waals surface area contributed by atoms with E-state index in [0.717, 1.165) is 11.6 Å². The first-order valence-corrected chi connectivity index (χ1v) is 17.0. The Labute approximate surface area is 215 Å². The molecule has 8 nitrogen and oxygen atoms in total. The van der Waals surface area contributed by atoms with Crippen LogP contribution in [0.5, 0.6) is 0 Å². The Morgan fingerprint density at radius 3 is 2.50 bits per heavy atom. The SMILES string of the molecule is Cc1cn(C2CC(OP3O[C@H](c4ccccc4)[C@H](C)N3C)C(C[Si](C)(C)C(C)(C)C)O2)c(=O)[nH]c1=O. The third-order valence-electron chi connectivity index (χ3n) is 8.22. The summed E-state index contributed by atoms with van der Waals surface area (Å²) in [6.07, 6.45) is 1.15. The molecular formula is C26H40N3O5PSi. The topological polar surface area (TPSA) is 85.8 Å². The van der Waals surface area contributed by atoms with Crippen LogP contribution in [0.2, 0.25) is 24.2 Å². The largest absolute Gasteiger partial charge is 0.352 e. The molecule has 0 aliphatic carbocycles. The van der Waals surface area contributed by atoms with E-state index in [2.05, 4.69) is 62.6 Å². The van der Waals surface area contributed by atoms with Crippen molar-refractivity contribution in [3.05, 3.63) is 68.5 Å². The summed E-state index contributed by atoms with van der Waals surface area (Å²) in [4.78, 5) is 27.0. The van der Waals surface area contributed by atoms with Crippen LogP contribution in [0.3, 0.4) is 0 Å². The van der Waals surface area contributed by atoms with E-state index in [1.807, 2.05) is 25.2 Å². The number of nitrogens with one attached hydrogen (secondary N) is 1. The summed E-state index contributed by atoms with van der Waals surface area (Å²) in [5.41, 5.74) is 0.788. The minimum absolute atomic E-state index is 0.0660. The summed E-state index contributed by atoms with van der Waals surface area (Å²) < 4.78 is 23.4. The van der Waals surface area contributed by atoms with E-state index >= 15 is 0 Å². The maximum absolute atomic E-state index is 12.6. The lowest BCUT2D eigenvalue weighted by atomic mass is 10.0. The molecule has 0 radical (unpaired) electrons. The van der Waals surface area contributed by atoms with Crippen LogP contribution in [0, 0.1) is 6.92 Å². The Hall–Kier alpha value is -1.61. The normalized spacial score (nSPS) is 29.7. The molecule has 2 aliphatic heterocycles. The number of benzene rings is 1. The van der Waals surface area contributed by atoms with Crippen LogP contribution in [0.4, 0.5) is 0 Å². The van der Waals surface area contributed by atoms with Crippen molar-refractivity contribution in [1.29, 1.82) is 0 Å². The van der Waals surface area contributed by atoms with Crippen molar-refractivity contribution in [3.8, 4) is 0 Å². The number of nitrogens with zero attached hydrogens (tertiary/aromatic N) is 2. The smallest absolute Gasteiger partial charge is 0.330 e. The average molecular weight is 534 g/mol. The molecule has 36 heavy (non-hydrogen) atoms. The van der Waals surface area contributed by atoms with Gasteiger partial charge < -0.3 is 13.8 Å². The minimum atomic E-state index is -1.73. The fourth-order valence-corrected chi connectivity index (χ4v) is 8.26. The molecule has 1 aromatic carbocycles. The van der Waals surface area contributed by atoms with Crippen molar-refractivity contribution in [2.24, 2.45) is 0 Å². The number of aromatic amines is 1. The summed E-state index contributed by atoms with van der Waals surface area (Å²) >= 11 is 0. The van der Waals surface area contributed by atoms with Gasteiger partial charge in [0.2, 0.25) is 0 Å². The van der Waals surface area contributed by atoms with E-state index in [0.29, 0.717) is 12.0 Å². The van der Waals surface area contributed by atoms with Crippen LogP contribution < -0.4 is 11.2 Å². The van der Waals surface area contributed by atoms with Gasteiger partial charge in [-0.2, -0.15) is 0 Å². The van der Waals surface area contributed by atoms with Gasteiger partial charge in [-0.3, -0.25) is 14.3 Å². The van der Waals surface area contributed by atoms with Gasteiger partial charge in [-0.1, -0.05) is 64.2 Å². The first kappa shape index (κ1) is 27.4. The van der Waals surface area contributed by atoms with E-state index in [1.165, 1.54) is 4.57 Å². The number of rotatable bonds is 6. The number of hydrogen-bond acceptors (Lipinski definition) is 6. The molecule has 1 aromatic heterocycles. The Kier molecular flexibility index (Phi) is 7.83. The molecule has 4 unspecified atom stereocenters. The lowest BCUT2D eigenvalue weighted by Crippen LogP contribution is -2.42. The summed E-state index contributed by atoms with van der Waals surface area (Å²) in [6, 6.07) is 11.3. The summed E-state index contributed by atoms with van der Waals surface area (Å²) in [5, 5.41) is 0.184. The van der Waals surface area contributed by atoms with Crippen molar-refractivity contribution >= 4 is 16.6 Å². The summed E-state index contributed by atoms with van der Waals surface area (Å²) in [6.45, 7) is 15.5. The zero-order valence-corrected chi connectivity index (χ0v) is 24.5. The second kappa shape index (κ2) is 10.3. The van der Waals surface area contributed by atoms with Gasteiger partial charge in [0.15, 0.2) is 0 Å². The molecule has 0 saturated carbocycles. The van der Waals surface area contributed by atoms with E-state index in [-0.39, 0.29) is 35.0 Å². The predicted octanol–water partition coefficient (Wildman–Crippen LogP) is 5.34. The molecule has 2 aliphatic rings. The van der Waals surface area contributed by atoms with E-state index in [1.54, 1.807) is 13.1 Å². The van der Waals surface area contributed by atoms with Crippen LogP contribution in [0.15, 0.2) is 46.1 Å². The summed E-state index contributed by atoms with van der Waals surface area (Å²) in [7, 11) is -0.978. The van der Waals surface area contributed by atoms with Crippen LogP contribution in [-0.2, 0) is 13.8 Å². The van der Waals surface area contributed by atoms with Crippen LogP contribution >= 0.6 is 8.53 Å². The van der Waals surface area contributed by atoms with Crippen molar-refractivity contribution < 1.29 is 13.8 Å². The number of ether oxygens (including phenoxy) is 1. The molecule has 0 spiro atoms. The van der Waals surface area contributed by atoms with Gasteiger partial charge >= 0.3 is 5.69 Å². The van der Waals surface area contributed by atoms with Gasteiger partial charge in [0.1, 0.15) is 12.3 Å². The Morgan fingerprint density at radius 2 is 1.86 bits per heavy atom. The van der Waals surface area contributed by atoms with E-state index in [9.17, 15) is 9.59 Å². The molecule has 2 saturated heterocycles. The minimum Gasteiger partial charge on any atom is -0.352 e. The quantitative estimate of drug-likeness (QED) is 0.398. The molecular weight excluding hydrogens is 493 g/mol. The molecule has 0 bridgehead atoms. The van der Waals surface area contributed by atoms with Crippen LogP contribution in [0.1, 0.15) is 57.6 Å². The molecule has 0 amide bonds. The maximum Gasteiger partial charge on any atom is 0.330 e. The molecule has 198 valence electrons. The number of likely N-dealkylation sites (N-methyl/N-ethyl adjacent to an activating group) is 1. The fraction of sp³-hybridized carbons (Fsp3) is 0.615. The highest BCUT2D eigenvalue weighted by atomic mass is 31.2. The lowest BCUT2D eigenvalue weighted by molar-refractivity contribution is -0.00844. The number of aromatic nitrogens is 2. The Balaban J connectivity index is 1.59. The lowest BCUT2D eigenvalue weighted by Gasteiger charge is -2.39. The van der Waals surface area contributed by atoms with Gasteiger partial charge in [0.05, 0.1) is 20.3 Å². The van der Waals surface area contributed by atoms with Gasteiger partial charge in [-0.25, -0.2) is 9.46 Å². The molecule has 1 N–H and O–H groups in total. The van der Waals surface area contributed by atoms with Gasteiger partial charge in [-0.05, 0) is 37.5 Å². The maximum atomic E-state index is 12.6. The monoisotopic (exact) mass is 533 g/mol. The van der Waals surface area contributed by atoms with Gasteiger partial charge in [0.25, 0.3) is 14.1 Å². The molecule has 4 rings (SSSR count). The highest BCUT2D eigenvalue weighted by Crippen LogP contribution is 2.58. The number of hydrogen-bond donors (Lipinski definition) is 1. The second-order valence-electron chi connectivity index (χ2n) is 11.8. The van der Waals surface area contributed by atoms with Gasteiger partial charge in [-0.15, -0.1) is 0 Å². The Bertz CT molecular complexity index is 1180. The molecule has 10 heteroatoms. The van der Waals surface area contributed by atoms with E-state index < -0.39 is 28.5 Å². The number of aryl methyl sites for hydroxylation is 1. The van der Waals surface area contributed by atoms with E-state index in [4.69, 9.17) is 13.8 Å². The summed E-state index contributed by atoms with van der Waals surface area (Å²) in [5.74, 6) is 0. The molecule has 6 atom stereocenters.